The second-order valence-electron chi connectivity index (χ2n) is 3.40. The van der Waals surface area contributed by atoms with Crippen LogP contribution in [0.3, 0.4) is 0 Å². The Balaban J connectivity index is 2.40. The predicted octanol–water partition coefficient (Wildman–Crippen LogP) is 3.14. The molecule has 2 heteroatoms. The van der Waals surface area contributed by atoms with Crippen molar-refractivity contribution in [1.29, 1.82) is 0 Å². The summed E-state index contributed by atoms with van der Waals surface area (Å²) < 4.78 is 0. The van der Waals surface area contributed by atoms with Crippen molar-refractivity contribution >= 4 is 11.6 Å². The molecular formula is C12H18ClN. The van der Waals surface area contributed by atoms with E-state index in [4.69, 9.17) is 11.6 Å². The molecule has 0 aliphatic rings. The van der Waals surface area contributed by atoms with E-state index >= 15 is 0 Å². The molecule has 1 rings (SSSR count). The number of halogens is 1. The fourth-order valence-corrected chi connectivity index (χ4v) is 1.59. The highest BCUT2D eigenvalue weighted by atomic mass is 35.5. The summed E-state index contributed by atoms with van der Waals surface area (Å²) >= 11 is 5.68. The van der Waals surface area contributed by atoms with Crippen molar-refractivity contribution < 1.29 is 0 Å². The number of hydrogen-bond acceptors (Lipinski definition) is 1. The van der Waals surface area contributed by atoms with Gasteiger partial charge in [0.15, 0.2) is 0 Å². The van der Waals surface area contributed by atoms with Crippen LogP contribution in [0.25, 0.3) is 0 Å². The Hall–Kier alpha value is -0.530. The van der Waals surface area contributed by atoms with Crippen LogP contribution in [0.5, 0.6) is 0 Å². The van der Waals surface area contributed by atoms with Crippen LogP contribution >= 0.6 is 11.6 Å². The van der Waals surface area contributed by atoms with Gasteiger partial charge in [0.2, 0.25) is 0 Å². The van der Waals surface area contributed by atoms with Gasteiger partial charge in [-0.25, -0.2) is 0 Å². The molecule has 0 aromatic heterocycles. The lowest BCUT2D eigenvalue weighted by atomic mass is 10.2. The number of hydrogen-bond donors (Lipinski definition) is 0. The van der Waals surface area contributed by atoms with Crippen LogP contribution in [0.1, 0.15) is 18.9 Å². The summed E-state index contributed by atoms with van der Waals surface area (Å²) in [6, 6.07) is 10.6. The van der Waals surface area contributed by atoms with Crippen molar-refractivity contribution in [2.75, 3.05) is 19.0 Å². The molecule has 0 unspecified atom stereocenters. The summed E-state index contributed by atoms with van der Waals surface area (Å²) in [7, 11) is 0. The number of benzene rings is 1. The molecular weight excluding hydrogens is 194 g/mol. The molecule has 0 saturated carbocycles. The summed E-state index contributed by atoms with van der Waals surface area (Å²) in [6.45, 7) is 5.41. The van der Waals surface area contributed by atoms with Crippen LogP contribution in [0.2, 0.25) is 0 Å². The van der Waals surface area contributed by atoms with Gasteiger partial charge >= 0.3 is 0 Å². The van der Waals surface area contributed by atoms with Gasteiger partial charge in [-0.1, -0.05) is 37.3 Å². The summed E-state index contributed by atoms with van der Waals surface area (Å²) in [5.74, 6) is 0.755. The molecule has 1 aromatic carbocycles. The number of nitrogens with zero attached hydrogens (tertiary/aromatic N) is 1. The minimum absolute atomic E-state index is 0.755. The Morgan fingerprint density at radius 1 is 1.21 bits per heavy atom. The van der Waals surface area contributed by atoms with Crippen molar-refractivity contribution in [2.45, 2.75) is 19.9 Å². The quantitative estimate of drug-likeness (QED) is 0.654. The summed E-state index contributed by atoms with van der Waals surface area (Å²) in [5.41, 5.74) is 1.38. The molecule has 1 nitrogen and oxygen atoms in total. The Morgan fingerprint density at radius 3 is 2.50 bits per heavy atom. The van der Waals surface area contributed by atoms with Crippen molar-refractivity contribution in [1.82, 2.24) is 4.90 Å². The van der Waals surface area contributed by atoms with Gasteiger partial charge in [0.05, 0.1) is 0 Å². The van der Waals surface area contributed by atoms with E-state index in [2.05, 4.69) is 42.2 Å². The van der Waals surface area contributed by atoms with Gasteiger partial charge in [0.25, 0.3) is 0 Å². The Kier molecular flexibility index (Phi) is 5.65. The third-order valence-corrected chi connectivity index (χ3v) is 2.57. The summed E-state index contributed by atoms with van der Waals surface area (Å²) in [4.78, 5) is 2.41. The Morgan fingerprint density at radius 2 is 1.93 bits per heavy atom. The third-order valence-electron chi connectivity index (χ3n) is 2.30. The van der Waals surface area contributed by atoms with Crippen LogP contribution in [0.4, 0.5) is 0 Å². The molecule has 0 bridgehead atoms. The normalized spacial score (nSPS) is 10.8. The summed E-state index contributed by atoms with van der Waals surface area (Å²) in [5, 5.41) is 0. The Bertz CT molecular complexity index is 235. The van der Waals surface area contributed by atoms with Gasteiger partial charge in [0.1, 0.15) is 0 Å². The van der Waals surface area contributed by atoms with Crippen molar-refractivity contribution in [2.24, 2.45) is 0 Å². The molecule has 0 N–H and O–H groups in total. The third kappa shape index (κ3) is 4.12. The first kappa shape index (κ1) is 11.5. The second kappa shape index (κ2) is 6.86. The fraction of sp³-hybridized carbons (Fsp3) is 0.500. The maximum Gasteiger partial charge on any atom is 0.0235 e. The van der Waals surface area contributed by atoms with Gasteiger partial charge in [-0.3, -0.25) is 4.90 Å². The first-order valence-electron chi connectivity index (χ1n) is 5.19. The topological polar surface area (TPSA) is 3.24 Å². The van der Waals surface area contributed by atoms with E-state index < -0.39 is 0 Å². The Labute approximate surface area is 91.7 Å². The van der Waals surface area contributed by atoms with Gasteiger partial charge in [-0.15, -0.1) is 11.6 Å². The molecule has 0 atom stereocenters. The lowest BCUT2D eigenvalue weighted by molar-refractivity contribution is 0.281. The van der Waals surface area contributed by atoms with E-state index in [9.17, 15) is 0 Å². The maximum atomic E-state index is 5.68. The first-order chi connectivity index (χ1) is 6.86. The van der Waals surface area contributed by atoms with E-state index in [1.54, 1.807) is 0 Å². The predicted molar refractivity (Wildman–Crippen MR) is 62.7 cm³/mol. The van der Waals surface area contributed by atoms with Gasteiger partial charge in [-0.2, -0.15) is 0 Å². The number of alkyl halides is 1. The highest BCUT2D eigenvalue weighted by Crippen LogP contribution is 2.04. The van der Waals surface area contributed by atoms with E-state index in [1.165, 1.54) is 5.56 Å². The van der Waals surface area contributed by atoms with Crippen LogP contribution in [-0.2, 0) is 6.54 Å². The monoisotopic (exact) mass is 211 g/mol. The van der Waals surface area contributed by atoms with E-state index in [0.29, 0.717) is 0 Å². The van der Waals surface area contributed by atoms with E-state index in [0.717, 1.165) is 31.9 Å². The van der Waals surface area contributed by atoms with Crippen LogP contribution in [-0.4, -0.2) is 23.9 Å². The second-order valence-corrected chi connectivity index (χ2v) is 3.77. The first-order valence-corrected chi connectivity index (χ1v) is 5.72. The molecule has 0 aliphatic carbocycles. The summed E-state index contributed by atoms with van der Waals surface area (Å²) in [6.07, 6.45) is 1.07. The van der Waals surface area contributed by atoms with Crippen molar-refractivity contribution in [3.05, 3.63) is 35.9 Å². The SMILES string of the molecule is CCN(CCCCl)Cc1ccccc1. The molecule has 0 saturated heterocycles. The average Bonchev–Trinajstić information content (AvgIpc) is 2.25. The average molecular weight is 212 g/mol. The lowest BCUT2D eigenvalue weighted by Crippen LogP contribution is -2.24. The zero-order chi connectivity index (χ0) is 10.2. The van der Waals surface area contributed by atoms with Crippen LogP contribution in [0.15, 0.2) is 30.3 Å². The van der Waals surface area contributed by atoms with Gasteiger partial charge in [0, 0.05) is 12.4 Å². The molecule has 0 spiro atoms. The van der Waals surface area contributed by atoms with Gasteiger partial charge in [-0.05, 0) is 25.1 Å². The van der Waals surface area contributed by atoms with Gasteiger partial charge < -0.3 is 0 Å². The molecule has 0 radical (unpaired) electrons. The molecule has 0 amide bonds. The van der Waals surface area contributed by atoms with Crippen LogP contribution < -0.4 is 0 Å². The van der Waals surface area contributed by atoms with Crippen molar-refractivity contribution in [3.8, 4) is 0 Å². The minimum Gasteiger partial charge on any atom is -0.299 e. The molecule has 78 valence electrons. The molecule has 0 heterocycles. The number of rotatable bonds is 6. The molecule has 0 aliphatic heterocycles. The highest BCUT2D eigenvalue weighted by molar-refractivity contribution is 6.17. The molecule has 0 fully saturated rings. The molecule has 14 heavy (non-hydrogen) atoms. The van der Waals surface area contributed by atoms with E-state index in [-0.39, 0.29) is 0 Å². The largest absolute Gasteiger partial charge is 0.299 e. The lowest BCUT2D eigenvalue weighted by Gasteiger charge is -2.19. The van der Waals surface area contributed by atoms with Crippen molar-refractivity contribution in [3.63, 3.8) is 0 Å². The maximum absolute atomic E-state index is 5.68. The highest BCUT2D eigenvalue weighted by Gasteiger charge is 2.01. The molecule has 1 aromatic rings. The van der Waals surface area contributed by atoms with Crippen LogP contribution in [0, 0.1) is 0 Å². The van der Waals surface area contributed by atoms with E-state index in [1.807, 2.05) is 0 Å². The zero-order valence-electron chi connectivity index (χ0n) is 8.75. The standard InChI is InChI=1S/C12H18ClN/c1-2-14(10-6-9-13)11-12-7-4-3-5-8-12/h3-5,7-8H,2,6,9-11H2,1H3. The minimum atomic E-state index is 0.755. The fourth-order valence-electron chi connectivity index (χ4n) is 1.47. The zero-order valence-corrected chi connectivity index (χ0v) is 9.50. The smallest absolute Gasteiger partial charge is 0.0235 e.